The van der Waals surface area contributed by atoms with Gasteiger partial charge in [0.05, 0.1) is 0 Å². The van der Waals surface area contributed by atoms with Gasteiger partial charge in [0, 0.05) is 12.1 Å². The van der Waals surface area contributed by atoms with Gasteiger partial charge in [-0.3, -0.25) is 0 Å². The summed E-state index contributed by atoms with van der Waals surface area (Å²) in [6, 6.07) is 19.0. The van der Waals surface area contributed by atoms with E-state index in [1.807, 2.05) is 60.7 Å². The first kappa shape index (κ1) is 12.6. The minimum Gasteiger partial charge on any atom is -0.388 e. The summed E-state index contributed by atoms with van der Waals surface area (Å²) in [5, 5.41) is 22.7. The van der Waals surface area contributed by atoms with E-state index in [2.05, 4.69) is 5.32 Å². The molecule has 2 unspecified atom stereocenters. The molecular formula is C15H17NO2. The highest BCUT2D eigenvalue weighted by Gasteiger charge is 2.16. The van der Waals surface area contributed by atoms with E-state index in [9.17, 15) is 10.2 Å². The van der Waals surface area contributed by atoms with Crippen LogP contribution in [0.2, 0.25) is 0 Å². The van der Waals surface area contributed by atoms with Gasteiger partial charge in [-0.1, -0.05) is 48.5 Å². The zero-order valence-corrected chi connectivity index (χ0v) is 10.0. The Morgan fingerprint density at radius 2 is 1.39 bits per heavy atom. The van der Waals surface area contributed by atoms with Crippen LogP contribution in [0.25, 0.3) is 0 Å². The van der Waals surface area contributed by atoms with E-state index in [4.69, 9.17) is 0 Å². The molecule has 0 radical (unpaired) electrons. The number of aliphatic hydroxyl groups is 2. The zero-order valence-electron chi connectivity index (χ0n) is 10.0. The summed E-state index contributed by atoms with van der Waals surface area (Å²) in [7, 11) is 0. The van der Waals surface area contributed by atoms with Gasteiger partial charge in [-0.2, -0.15) is 0 Å². The Morgan fingerprint density at radius 1 is 0.833 bits per heavy atom. The molecule has 0 amide bonds. The largest absolute Gasteiger partial charge is 0.388 e. The van der Waals surface area contributed by atoms with Gasteiger partial charge >= 0.3 is 0 Å². The van der Waals surface area contributed by atoms with Crippen molar-refractivity contribution in [1.29, 1.82) is 0 Å². The summed E-state index contributed by atoms with van der Waals surface area (Å²) >= 11 is 0. The number of hydrogen-bond acceptors (Lipinski definition) is 3. The van der Waals surface area contributed by atoms with Crippen molar-refractivity contribution in [3.63, 3.8) is 0 Å². The van der Waals surface area contributed by atoms with Crippen molar-refractivity contribution in [1.82, 2.24) is 0 Å². The van der Waals surface area contributed by atoms with Crippen LogP contribution in [-0.2, 0) is 6.42 Å². The number of benzene rings is 2. The average molecular weight is 243 g/mol. The highest BCUT2D eigenvalue weighted by Crippen LogP contribution is 2.10. The number of rotatable bonds is 5. The summed E-state index contributed by atoms with van der Waals surface area (Å²) in [6.07, 6.45) is -1.40. The highest BCUT2D eigenvalue weighted by atomic mass is 16.3. The molecule has 2 atom stereocenters. The molecule has 0 heterocycles. The molecule has 0 fully saturated rings. The van der Waals surface area contributed by atoms with Crippen molar-refractivity contribution in [3.05, 3.63) is 66.2 Å². The van der Waals surface area contributed by atoms with Crippen LogP contribution in [0.1, 0.15) is 5.56 Å². The van der Waals surface area contributed by atoms with Gasteiger partial charge in [0.15, 0.2) is 6.23 Å². The molecule has 3 heteroatoms. The van der Waals surface area contributed by atoms with Crippen molar-refractivity contribution < 1.29 is 10.2 Å². The minimum absolute atomic E-state index is 0.418. The van der Waals surface area contributed by atoms with Crippen LogP contribution in [-0.4, -0.2) is 22.5 Å². The fourth-order valence-electron chi connectivity index (χ4n) is 1.77. The van der Waals surface area contributed by atoms with E-state index in [0.717, 1.165) is 11.3 Å². The molecule has 0 saturated carbocycles. The van der Waals surface area contributed by atoms with Crippen LogP contribution in [0, 0.1) is 0 Å². The lowest BCUT2D eigenvalue weighted by molar-refractivity contribution is 0.0376. The third-order valence-electron chi connectivity index (χ3n) is 2.74. The Kier molecular flexibility index (Phi) is 4.34. The Labute approximate surface area is 107 Å². The van der Waals surface area contributed by atoms with E-state index in [-0.39, 0.29) is 0 Å². The van der Waals surface area contributed by atoms with E-state index in [1.165, 1.54) is 0 Å². The van der Waals surface area contributed by atoms with Crippen LogP contribution in [0.5, 0.6) is 0 Å². The molecule has 0 saturated heterocycles. The molecule has 0 aliphatic carbocycles. The molecular weight excluding hydrogens is 226 g/mol. The van der Waals surface area contributed by atoms with Crippen molar-refractivity contribution >= 4 is 5.69 Å². The summed E-state index contributed by atoms with van der Waals surface area (Å²) in [5.74, 6) is 0. The molecule has 3 nitrogen and oxygen atoms in total. The molecule has 2 aromatic rings. The quantitative estimate of drug-likeness (QED) is 0.704. The monoisotopic (exact) mass is 243 g/mol. The first-order valence-electron chi connectivity index (χ1n) is 5.97. The Balaban J connectivity index is 1.91. The van der Waals surface area contributed by atoms with Gasteiger partial charge in [-0.25, -0.2) is 0 Å². The number of hydrogen-bond donors (Lipinski definition) is 3. The normalized spacial score (nSPS) is 13.9. The lowest BCUT2D eigenvalue weighted by Gasteiger charge is -2.20. The molecule has 18 heavy (non-hydrogen) atoms. The van der Waals surface area contributed by atoms with E-state index >= 15 is 0 Å². The maximum Gasteiger partial charge on any atom is 0.151 e. The van der Waals surface area contributed by atoms with E-state index in [1.54, 1.807) is 0 Å². The molecule has 0 aliphatic heterocycles. The predicted molar refractivity (Wildman–Crippen MR) is 72.2 cm³/mol. The predicted octanol–water partition coefficient (Wildman–Crippen LogP) is 2.02. The fourth-order valence-corrected chi connectivity index (χ4v) is 1.77. The topological polar surface area (TPSA) is 52.5 Å². The number of para-hydroxylation sites is 1. The second kappa shape index (κ2) is 6.19. The summed E-state index contributed by atoms with van der Waals surface area (Å²) in [6.45, 7) is 0. The number of aliphatic hydroxyl groups excluding tert-OH is 2. The summed E-state index contributed by atoms with van der Waals surface area (Å²) in [5.41, 5.74) is 1.79. The number of nitrogens with one attached hydrogen (secondary N) is 1. The van der Waals surface area contributed by atoms with Gasteiger partial charge in [-0.05, 0) is 17.7 Å². The Bertz CT molecular complexity index is 413. The van der Waals surface area contributed by atoms with Crippen LogP contribution in [0.15, 0.2) is 60.7 Å². The van der Waals surface area contributed by atoms with Gasteiger partial charge in [0.2, 0.25) is 0 Å². The third kappa shape index (κ3) is 3.58. The minimum atomic E-state index is -0.979. The van der Waals surface area contributed by atoms with Crippen molar-refractivity contribution in [2.24, 2.45) is 0 Å². The Hall–Kier alpha value is -1.84. The lowest BCUT2D eigenvalue weighted by Crippen LogP contribution is -2.34. The average Bonchev–Trinajstić information content (AvgIpc) is 2.41. The van der Waals surface area contributed by atoms with Crippen LogP contribution in [0.3, 0.4) is 0 Å². The summed E-state index contributed by atoms with van der Waals surface area (Å²) in [4.78, 5) is 0. The SMILES string of the molecule is OC(Cc1ccccc1)C(O)Nc1ccccc1. The summed E-state index contributed by atoms with van der Waals surface area (Å²) < 4.78 is 0. The molecule has 94 valence electrons. The fraction of sp³-hybridized carbons (Fsp3) is 0.200. The maximum atomic E-state index is 9.92. The van der Waals surface area contributed by atoms with E-state index < -0.39 is 12.3 Å². The highest BCUT2D eigenvalue weighted by molar-refractivity contribution is 5.43. The standard InChI is InChI=1S/C15H17NO2/c17-14(11-12-7-3-1-4-8-12)15(18)16-13-9-5-2-6-10-13/h1-10,14-18H,11H2. The first-order chi connectivity index (χ1) is 8.75. The molecule has 0 bridgehead atoms. The molecule has 0 aromatic heterocycles. The molecule has 2 aromatic carbocycles. The second-order valence-corrected chi connectivity index (χ2v) is 4.21. The lowest BCUT2D eigenvalue weighted by atomic mass is 10.1. The van der Waals surface area contributed by atoms with Crippen LogP contribution in [0.4, 0.5) is 5.69 Å². The van der Waals surface area contributed by atoms with Gasteiger partial charge in [-0.15, -0.1) is 0 Å². The second-order valence-electron chi connectivity index (χ2n) is 4.21. The Morgan fingerprint density at radius 3 is 2.00 bits per heavy atom. The van der Waals surface area contributed by atoms with Crippen LogP contribution >= 0.6 is 0 Å². The first-order valence-corrected chi connectivity index (χ1v) is 5.97. The van der Waals surface area contributed by atoms with Crippen molar-refractivity contribution in [2.45, 2.75) is 18.8 Å². The maximum absolute atomic E-state index is 9.92. The molecule has 3 N–H and O–H groups in total. The molecule has 2 rings (SSSR count). The van der Waals surface area contributed by atoms with Gasteiger partial charge in [0.25, 0.3) is 0 Å². The van der Waals surface area contributed by atoms with Gasteiger partial charge in [0.1, 0.15) is 6.10 Å². The third-order valence-corrected chi connectivity index (χ3v) is 2.74. The van der Waals surface area contributed by atoms with Crippen LogP contribution < -0.4 is 5.32 Å². The van der Waals surface area contributed by atoms with Crippen molar-refractivity contribution in [2.75, 3.05) is 5.32 Å². The number of anilines is 1. The molecule has 0 aliphatic rings. The zero-order chi connectivity index (χ0) is 12.8. The van der Waals surface area contributed by atoms with Gasteiger partial charge < -0.3 is 15.5 Å². The van der Waals surface area contributed by atoms with E-state index in [0.29, 0.717) is 6.42 Å². The molecule has 0 spiro atoms. The smallest absolute Gasteiger partial charge is 0.151 e. The van der Waals surface area contributed by atoms with Crippen molar-refractivity contribution in [3.8, 4) is 0 Å².